The summed E-state index contributed by atoms with van der Waals surface area (Å²) in [4.78, 5) is 20.3. The number of carbonyl (C=O) groups is 1. The molecule has 170 valence electrons. The lowest BCUT2D eigenvalue weighted by Gasteiger charge is -2.39. The number of piperidine rings is 1. The lowest BCUT2D eigenvalue weighted by atomic mass is 9.98. The van der Waals surface area contributed by atoms with Crippen molar-refractivity contribution in [1.29, 1.82) is 0 Å². The zero-order valence-corrected chi connectivity index (χ0v) is 18.6. The first-order valence-corrected chi connectivity index (χ1v) is 11.7. The van der Waals surface area contributed by atoms with Crippen molar-refractivity contribution in [1.82, 2.24) is 14.8 Å². The summed E-state index contributed by atoms with van der Waals surface area (Å²) in [7, 11) is 0. The molecule has 1 atom stereocenters. The van der Waals surface area contributed by atoms with Crippen molar-refractivity contribution in [3.05, 3.63) is 54.1 Å². The van der Waals surface area contributed by atoms with Crippen LogP contribution in [0, 0.1) is 11.7 Å². The van der Waals surface area contributed by atoms with Gasteiger partial charge in [0.25, 0.3) is 0 Å². The van der Waals surface area contributed by atoms with Gasteiger partial charge in [-0.15, -0.1) is 0 Å². The molecule has 0 spiro atoms. The number of benzene rings is 1. The minimum absolute atomic E-state index is 0.00419. The van der Waals surface area contributed by atoms with Gasteiger partial charge in [-0.1, -0.05) is 12.8 Å². The summed E-state index contributed by atoms with van der Waals surface area (Å²) in [6, 6.07) is 10.3. The molecule has 0 radical (unpaired) electrons. The Morgan fingerprint density at radius 1 is 1.19 bits per heavy atom. The smallest absolute Gasteiger partial charge is 0.249 e. The predicted octanol–water partition coefficient (Wildman–Crippen LogP) is 3.61. The maximum atomic E-state index is 13.1. The first-order valence-electron chi connectivity index (χ1n) is 11.7. The number of aromatic nitrogens is 1. The number of hydrogen-bond acceptors (Lipinski definition) is 4. The van der Waals surface area contributed by atoms with Gasteiger partial charge < -0.3 is 19.5 Å². The second kappa shape index (κ2) is 8.60. The number of nitrogens with one attached hydrogen (secondary N) is 1. The van der Waals surface area contributed by atoms with Crippen LogP contribution < -0.4 is 10.1 Å². The molecule has 7 heteroatoms. The van der Waals surface area contributed by atoms with E-state index in [1.54, 1.807) is 12.1 Å². The molecule has 1 aliphatic carbocycles. The fraction of sp³-hybridized carbons (Fsp3) is 0.520. The van der Waals surface area contributed by atoms with E-state index in [9.17, 15) is 9.18 Å². The van der Waals surface area contributed by atoms with Crippen LogP contribution >= 0.6 is 0 Å². The van der Waals surface area contributed by atoms with Crippen LogP contribution in [-0.2, 0) is 11.3 Å². The van der Waals surface area contributed by atoms with E-state index in [0.717, 1.165) is 56.3 Å². The lowest BCUT2D eigenvalue weighted by Crippen LogP contribution is -2.52. The van der Waals surface area contributed by atoms with E-state index < -0.39 is 5.54 Å². The van der Waals surface area contributed by atoms with Crippen LogP contribution in [0.2, 0.25) is 0 Å². The van der Waals surface area contributed by atoms with Crippen molar-refractivity contribution in [3.63, 3.8) is 0 Å². The van der Waals surface area contributed by atoms with Crippen molar-refractivity contribution >= 4 is 11.7 Å². The maximum absolute atomic E-state index is 13.1. The fourth-order valence-electron chi connectivity index (χ4n) is 4.65. The number of amidine groups is 1. The average molecular weight is 439 g/mol. The van der Waals surface area contributed by atoms with Gasteiger partial charge in [0.15, 0.2) is 5.54 Å². The Balaban J connectivity index is 1.26. The molecule has 32 heavy (non-hydrogen) atoms. The Kier molecular flexibility index (Phi) is 5.66. The average Bonchev–Trinajstić information content (AvgIpc) is 3.50. The summed E-state index contributed by atoms with van der Waals surface area (Å²) in [6.07, 6.45) is 7.47. The predicted molar refractivity (Wildman–Crippen MR) is 121 cm³/mol. The summed E-state index contributed by atoms with van der Waals surface area (Å²) < 4.78 is 21.3. The van der Waals surface area contributed by atoms with Crippen LogP contribution in [0.3, 0.4) is 0 Å². The van der Waals surface area contributed by atoms with Crippen LogP contribution in [-0.4, -0.2) is 52.5 Å². The molecule has 1 saturated carbocycles. The highest BCUT2D eigenvalue weighted by Crippen LogP contribution is 2.32. The molecular weight excluding hydrogens is 407 g/mol. The van der Waals surface area contributed by atoms with Gasteiger partial charge in [-0.3, -0.25) is 4.79 Å². The quantitative estimate of drug-likeness (QED) is 0.750. The Labute approximate surface area is 188 Å². The van der Waals surface area contributed by atoms with Crippen LogP contribution in [0.1, 0.15) is 44.7 Å². The lowest BCUT2D eigenvalue weighted by molar-refractivity contribution is -0.126. The molecule has 1 saturated heterocycles. The molecule has 2 aromatic rings. The Morgan fingerprint density at radius 2 is 1.94 bits per heavy atom. The molecule has 5 rings (SSSR count). The minimum Gasteiger partial charge on any atom is -0.490 e. The molecule has 2 aliphatic heterocycles. The van der Waals surface area contributed by atoms with Crippen LogP contribution in [0.25, 0.3) is 0 Å². The third-order valence-electron chi connectivity index (χ3n) is 6.77. The fourth-order valence-corrected chi connectivity index (χ4v) is 4.65. The highest BCUT2D eigenvalue weighted by atomic mass is 19.1. The maximum Gasteiger partial charge on any atom is 0.249 e. The van der Waals surface area contributed by atoms with Gasteiger partial charge in [0, 0.05) is 38.7 Å². The number of halogens is 1. The van der Waals surface area contributed by atoms with Crippen molar-refractivity contribution in [2.75, 3.05) is 19.6 Å². The number of hydrogen-bond donors (Lipinski definition) is 1. The van der Waals surface area contributed by atoms with Gasteiger partial charge in [0.05, 0.1) is 12.2 Å². The summed E-state index contributed by atoms with van der Waals surface area (Å²) >= 11 is 0. The van der Waals surface area contributed by atoms with E-state index >= 15 is 0 Å². The first-order chi connectivity index (χ1) is 15.5. The van der Waals surface area contributed by atoms with E-state index in [1.807, 2.05) is 19.2 Å². The first kappa shape index (κ1) is 21.0. The number of fused-ring (bicyclic) bond motifs is 1. The van der Waals surface area contributed by atoms with E-state index in [4.69, 9.17) is 9.73 Å². The molecule has 3 aliphatic rings. The molecular formula is C25H31FN4O2. The highest BCUT2D eigenvalue weighted by molar-refractivity contribution is 6.01. The van der Waals surface area contributed by atoms with Crippen LogP contribution in [0.15, 0.2) is 47.6 Å². The summed E-state index contributed by atoms with van der Waals surface area (Å²) in [5.74, 6) is 2.13. The van der Waals surface area contributed by atoms with Crippen molar-refractivity contribution in [3.8, 4) is 5.75 Å². The number of nitrogens with zero attached hydrogens (tertiary/aromatic N) is 3. The molecule has 6 nitrogen and oxygen atoms in total. The summed E-state index contributed by atoms with van der Waals surface area (Å²) in [5.41, 5.74) is 0.248. The second-order valence-electron chi connectivity index (χ2n) is 9.48. The van der Waals surface area contributed by atoms with Gasteiger partial charge in [-0.25, -0.2) is 9.38 Å². The molecule has 1 unspecified atom stereocenters. The van der Waals surface area contributed by atoms with Crippen LogP contribution in [0.4, 0.5) is 4.39 Å². The molecule has 3 heterocycles. The Bertz CT molecular complexity index is 990. The van der Waals surface area contributed by atoms with Crippen molar-refractivity contribution < 1.29 is 13.9 Å². The number of aliphatic imine (C=N–C) groups is 1. The Hall–Kier alpha value is -2.83. The zero-order chi connectivity index (χ0) is 22.1. The molecule has 1 N–H and O–H groups in total. The Morgan fingerprint density at radius 3 is 2.66 bits per heavy atom. The van der Waals surface area contributed by atoms with Gasteiger partial charge in [-0.05, 0) is 55.7 Å². The number of likely N-dealkylation sites (tertiary alicyclic amines) is 1. The monoisotopic (exact) mass is 438 g/mol. The van der Waals surface area contributed by atoms with E-state index in [2.05, 4.69) is 20.9 Å². The summed E-state index contributed by atoms with van der Waals surface area (Å²) in [5, 5.41) is 3.12. The number of carbonyl (C=O) groups excluding carboxylic acids is 1. The van der Waals surface area contributed by atoms with Gasteiger partial charge >= 0.3 is 0 Å². The van der Waals surface area contributed by atoms with Crippen LogP contribution in [0.5, 0.6) is 5.75 Å². The third-order valence-corrected chi connectivity index (χ3v) is 6.77. The van der Waals surface area contributed by atoms with Crippen molar-refractivity contribution in [2.45, 2.75) is 57.2 Å². The molecule has 2 fully saturated rings. The molecule has 1 amide bonds. The molecule has 0 bridgehead atoms. The summed E-state index contributed by atoms with van der Waals surface area (Å²) in [6.45, 7) is 4.82. The minimum atomic E-state index is -0.813. The van der Waals surface area contributed by atoms with E-state index in [-0.39, 0.29) is 17.8 Å². The highest BCUT2D eigenvalue weighted by Gasteiger charge is 2.39. The van der Waals surface area contributed by atoms with Gasteiger partial charge in [0.2, 0.25) is 5.91 Å². The topological polar surface area (TPSA) is 58.9 Å². The van der Waals surface area contributed by atoms with Gasteiger partial charge in [-0.2, -0.15) is 0 Å². The third kappa shape index (κ3) is 4.52. The molecule has 1 aromatic carbocycles. The zero-order valence-electron chi connectivity index (χ0n) is 18.6. The standard InChI is InChI=1S/C25H31FN4O2/c1-25(24(31)27-13-10-18-4-5-18)17-30-14-2-3-22(30)23(28-25)29-15-11-21(12-16-29)32-20-8-6-19(26)7-9-20/h2-3,6-9,14,18,21H,4-5,10-13,15-17H2,1H3,(H,27,31). The van der Waals surface area contributed by atoms with Crippen molar-refractivity contribution in [2.24, 2.45) is 10.9 Å². The second-order valence-corrected chi connectivity index (χ2v) is 9.48. The number of ether oxygens (including phenoxy) is 1. The normalized spacial score (nSPS) is 23.4. The number of amides is 1. The van der Waals surface area contributed by atoms with E-state index in [0.29, 0.717) is 12.3 Å². The molecule has 1 aromatic heterocycles. The SMILES string of the molecule is CC1(C(=O)NCCC2CC2)Cn2cccc2C(N2CCC(Oc3ccc(F)cc3)CC2)=N1. The van der Waals surface area contributed by atoms with E-state index in [1.165, 1.54) is 25.0 Å². The largest absolute Gasteiger partial charge is 0.490 e. The van der Waals surface area contributed by atoms with Gasteiger partial charge in [0.1, 0.15) is 23.5 Å². The number of rotatable bonds is 6.